The molecule has 0 spiro atoms. The summed E-state index contributed by atoms with van der Waals surface area (Å²) in [6, 6.07) is -1.04. The normalized spacial score (nSPS) is 49.2. The van der Waals surface area contributed by atoms with E-state index in [4.69, 9.17) is 20.7 Å². The van der Waals surface area contributed by atoms with Crippen molar-refractivity contribution in [3.8, 4) is 0 Å². The zero-order valence-electron chi connectivity index (χ0n) is 6.37. The van der Waals surface area contributed by atoms with E-state index in [1.54, 1.807) is 0 Å². The van der Waals surface area contributed by atoms with Gasteiger partial charge >= 0.3 is 0 Å². The smallest absolute Gasteiger partial charge is 0.173 e. The molecule has 1 aliphatic heterocycles. The molecule has 1 fully saturated rings. The van der Waals surface area contributed by atoms with Gasteiger partial charge in [-0.05, 0) is 0 Å². The van der Waals surface area contributed by atoms with E-state index in [0.717, 1.165) is 0 Å². The van der Waals surface area contributed by atoms with Crippen LogP contribution < -0.4 is 5.73 Å². The highest BCUT2D eigenvalue weighted by Gasteiger charge is 2.41. The van der Waals surface area contributed by atoms with Gasteiger partial charge in [-0.25, -0.2) is 0 Å². The highest BCUT2D eigenvalue weighted by molar-refractivity contribution is 4.90. The summed E-state index contributed by atoms with van der Waals surface area (Å²) < 4.78 is 4.70. The van der Waals surface area contributed by atoms with Crippen molar-refractivity contribution in [2.45, 2.75) is 30.6 Å². The van der Waals surface area contributed by atoms with Gasteiger partial charge in [-0.15, -0.1) is 0 Å². The zero-order chi connectivity index (χ0) is 9.30. The summed E-state index contributed by atoms with van der Waals surface area (Å²) >= 11 is 0. The molecule has 0 aromatic heterocycles. The van der Waals surface area contributed by atoms with Crippen LogP contribution in [0, 0.1) is 0 Å². The van der Waals surface area contributed by atoms with Crippen molar-refractivity contribution in [1.82, 2.24) is 0 Å². The molecular weight excluding hydrogens is 166 g/mol. The van der Waals surface area contributed by atoms with Gasteiger partial charge in [0.1, 0.15) is 18.3 Å². The predicted octanol–water partition coefficient (Wildman–Crippen LogP) is -3.25. The number of aliphatic hydroxyl groups excluding tert-OH is 4. The van der Waals surface area contributed by atoms with E-state index < -0.39 is 37.3 Å². The Labute approximate surface area is 69.2 Å². The van der Waals surface area contributed by atoms with Gasteiger partial charge in [0.2, 0.25) is 0 Å². The van der Waals surface area contributed by atoms with Crippen LogP contribution in [-0.2, 0) is 4.74 Å². The number of hydrogen-bond donors (Lipinski definition) is 5. The minimum absolute atomic E-state index is 0.470. The van der Waals surface area contributed by atoms with Crippen molar-refractivity contribution in [3.63, 3.8) is 0 Å². The van der Waals surface area contributed by atoms with Crippen LogP contribution in [0.2, 0.25) is 0 Å². The van der Waals surface area contributed by atoms with Gasteiger partial charge in [-0.3, -0.25) is 0 Å². The summed E-state index contributed by atoms with van der Waals surface area (Å²) in [4.78, 5) is 0. The molecule has 2 unspecified atom stereocenters. The summed E-state index contributed by atoms with van der Waals surface area (Å²) in [6.45, 7) is -0.470. The maximum absolute atomic E-state index is 9.20. The van der Waals surface area contributed by atoms with E-state index in [9.17, 15) is 10.2 Å². The molecule has 0 aliphatic carbocycles. The Morgan fingerprint density at radius 1 is 1.17 bits per heavy atom. The fraction of sp³-hybridized carbons (Fsp3) is 1.00. The lowest BCUT2D eigenvalue weighted by Crippen LogP contribution is -2.61. The van der Waals surface area contributed by atoms with Gasteiger partial charge in [0.15, 0.2) is 6.29 Å². The van der Waals surface area contributed by atoms with E-state index in [1.807, 2.05) is 0 Å². The van der Waals surface area contributed by atoms with Crippen molar-refractivity contribution in [2.75, 3.05) is 6.61 Å². The van der Waals surface area contributed by atoms with Crippen LogP contribution in [0.15, 0.2) is 0 Å². The summed E-state index contributed by atoms with van der Waals surface area (Å²) in [5.41, 5.74) is 5.26. The summed E-state index contributed by atoms with van der Waals surface area (Å²) in [6.07, 6.45) is -4.85. The lowest BCUT2D eigenvalue weighted by Gasteiger charge is -2.38. The fourth-order valence-corrected chi connectivity index (χ4v) is 1.12. The summed E-state index contributed by atoms with van der Waals surface area (Å²) in [5.74, 6) is 0. The third kappa shape index (κ3) is 1.58. The van der Waals surface area contributed by atoms with Crippen LogP contribution in [0.3, 0.4) is 0 Å². The van der Waals surface area contributed by atoms with Crippen LogP contribution in [0.4, 0.5) is 0 Å². The van der Waals surface area contributed by atoms with Crippen molar-refractivity contribution in [3.05, 3.63) is 0 Å². The number of nitrogens with two attached hydrogens (primary N) is 1. The predicted molar refractivity (Wildman–Crippen MR) is 38.0 cm³/mol. The lowest BCUT2D eigenvalue weighted by atomic mass is 9.98. The average molecular weight is 179 g/mol. The van der Waals surface area contributed by atoms with Gasteiger partial charge in [0, 0.05) is 0 Å². The molecule has 1 saturated heterocycles. The number of aliphatic hydroxyl groups is 4. The molecule has 1 aliphatic rings. The largest absolute Gasteiger partial charge is 0.394 e. The molecule has 0 aromatic rings. The molecule has 0 bridgehead atoms. The molecular formula is C6H13NO5. The summed E-state index contributed by atoms with van der Waals surface area (Å²) in [7, 11) is 0. The summed E-state index contributed by atoms with van der Waals surface area (Å²) in [5, 5.41) is 36.1. The van der Waals surface area contributed by atoms with Crippen molar-refractivity contribution < 1.29 is 25.2 Å². The Balaban J connectivity index is 2.63. The molecule has 1 heterocycles. The molecule has 72 valence electrons. The van der Waals surface area contributed by atoms with Gasteiger partial charge in [0.05, 0.1) is 12.6 Å². The van der Waals surface area contributed by atoms with Crippen LogP contribution >= 0.6 is 0 Å². The van der Waals surface area contributed by atoms with Crippen LogP contribution in [0.25, 0.3) is 0 Å². The van der Waals surface area contributed by atoms with Gasteiger partial charge in [-0.2, -0.15) is 0 Å². The highest BCUT2D eigenvalue weighted by Crippen LogP contribution is 2.17. The van der Waals surface area contributed by atoms with Crippen LogP contribution in [-0.4, -0.2) is 57.7 Å². The maximum atomic E-state index is 9.20. The first-order valence-electron chi connectivity index (χ1n) is 3.64. The van der Waals surface area contributed by atoms with Crippen LogP contribution in [0.1, 0.15) is 0 Å². The van der Waals surface area contributed by atoms with Gasteiger partial charge < -0.3 is 30.9 Å². The molecule has 0 radical (unpaired) electrons. The molecule has 12 heavy (non-hydrogen) atoms. The quantitative estimate of drug-likeness (QED) is 0.288. The Morgan fingerprint density at radius 3 is 2.25 bits per heavy atom. The van der Waals surface area contributed by atoms with Gasteiger partial charge in [0.25, 0.3) is 0 Å². The number of rotatable bonds is 1. The maximum Gasteiger partial charge on any atom is 0.173 e. The van der Waals surface area contributed by atoms with Crippen LogP contribution in [0.5, 0.6) is 0 Å². The third-order valence-electron chi connectivity index (χ3n) is 1.95. The Kier molecular flexibility index (Phi) is 2.99. The molecule has 0 saturated carbocycles. The topological polar surface area (TPSA) is 116 Å². The molecule has 1 rings (SSSR count). The molecule has 6 heteroatoms. The number of ether oxygens (including phenoxy) is 1. The fourth-order valence-electron chi connectivity index (χ4n) is 1.12. The lowest BCUT2D eigenvalue weighted by molar-refractivity contribution is -0.248. The van der Waals surface area contributed by atoms with Gasteiger partial charge in [-0.1, -0.05) is 0 Å². The van der Waals surface area contributed by atoms with Crippen molar-refractivity contribution in [1.29, 1.82) is 0 Å². The second-order valence-electron chi connectivity index (χ2n) is 2.81. The minimum atomic E-state index is -1.35. The minimum Gasteiger partial charge on any atom is -0.394 e. The second-order valence-corrected chi connectivity index (χ2v) is 2.81. The zero-order valence-corrected chi connectivity index (χ0v) is 6.37. The monoisotopic (exact) mass is 179 g/mol. The first-order chi connectivity index (χ1) is 5.57. The van der Waals surface area contributed by atoms with E-state index in [1.165, 1.54) is 0 Å². The SMILES string of the molecule is NC1[C@H](O)OC(CO)[C@H](O)[C@@H]1O. The first kappa shape index (κ1) is 9.85. The van der Waals surface area contributed by atoms with E-state index in [-0.39, 0.29) is 0 Å². The van der Waals surface area contributed by atoms with E-state index in [0.29, 0.717) is 0 Å². The molecule has 6 nitrogen and oxygen atoms in total. The highest BCUT2D eigenvalue weighted by atomic mass is 16.6. The second kappa shape index (κ2) is 3.65. The molecule has 0 aromatic carbocycles. The molecule has 0 amide bonds. The first-order valence-corrected chi connectivity index (χ1v) is 3.64. The molecule has 6 N–H and O–H groups in total. The third-order valence-corrected chi connectivity index (χ3v) is 1.95. The Hall–Kier alpha value is -0.240. The Morgan fingerprint density at radius 2 is 1.75 bits per heavy atom. The Bertz CT molecular complexity index is 150. The van der Waals surface area contributed by atoms with E-state index in [2.05, 4.69) is 0 Å². The van der Waals surface area contributed by atoms with Crippen molar-refractivity contribution >= 4 is 0 Å². The number of hydrogen-bond acceptors (Lipinski definition) is 6. The average Bonchev–Trinajstić information content (AvgIpc) is 2.08. The molecule has 5 atom stereocenters. The van der Waals surface area contributed by atoms with Crippen molar-refractivity contribution in [2.24, 2.45) is 5.73 Å². The van der Waals surface area contributed by atoms with E-state index >= 15 is 0 Å². The standard InChI is InChI=1S/C6H13NO5/c7-3-5(10)4(9)2(1-8)12-6(3)11/h2-6,8-11H,1,7H2/t2?,3?,4-,5+,6+/m0/s1.